The van der Waals surface area contributed by atoms with Crippen LogP contribution in [0, 0.1) is 12.8 Å². The number of rotatable bonds is 4. The smallest absolute Gasteiger partial charge is 0.226 e. The maximum atomic E-state index is 12.0. The number of nitrogens with one attached hydrogen (secondary N) is 1. The van der Waals surface area contributed by atoms with Gasteiger partial charge < -0.3 is 10.4 Å². The van der Waals surface area contributed by atoms with Crippen LogP contribution in [0.4, 0.5) is 0 Å². The van der Waals surface area contributed by atoms with Crippen LogP contribution < -0.4 is 5.32 Å². The first-order valence-electron chi connectivity index (χ1n) is 7.38. The summed E-state index contributed by atoms with van der Waals surface area (Å²) >= 11 is 0. The van der Waals surface area contributed by atoms with E-state index < -0.39 is 5.60 Å². The molecular weight excluding hydrogens is 252 g/mol. The zero-order chi connectivity index (χ0) is 14.6. The van der Waals surface area contributed by atoms with Crippen molar-refractivity contribution in [2.75, 3.05) is 6.54 Å². The number of hydrogen-bond acceptors (Lipinski definition) is 3. The van der Waals surface area contributed by atoms with Gasteiger partial charge in [0, 0.05) is 12.7 Å². The van der Waals surface area contributed by atoms with Gasteiger partial charge in [-0.1, -0.05) is 25.8 Å². The number of amides is 1. The van der Waals surface area contributed by atoms with Gasteiger partial charge in [-0.05, 0) is 37.3 Å². The van der Waals surface area contributed by atoms with Crippen molar-refractivity contribution >= 4 is 5.91 Å². The van der Waals surface area contributed by atoms with Crippen molar-refractivity contribution in [3.63, 3.8) is 0 Å². The Bertz CT molecular complexity index is 475. The third-order valence-corrected chi connectivity index (χ3v) is 4.13. The largest absolute Gasteiger partial charge is 0.388 e. The van der Waals surface area contributed by atoms with E-state index in [2.05, 4.69) is 17.2 Å². The van der Waals surface area contributed by atoms with Crippen LogP contribution in [0.25, 0.3) is 0 Å². The molecule has 2 atom stereocenters. The van der Waals surface area contributed by atoms with E-state index >= 15 is 0 Å². The highest BCUT2D eigenvalue weighted by molar-refractivity contribution is 5.78. The number of carbonyl (C=O) groups excluding carboxylic acids is 1. The van der Waals surface area contributed by atoms with Gasteiger partial charge in [-0.3, -0.25) is 9.78 Å². The van der Waals surface area contributed by atoms with Gasteiger partial charge in [0.25, 0.3) is 0 Å². The van der Waals surface area contributed by atoms with Crippen LogP contribution in [0.15, 0.2) is 18.3 Å². The van der Waals surface area contributed by atoms with Gasteiger partial charge >= 0.3 is 0 Å². The van der Waals surface area contributed by atoms with Gasteiger partial charge in [-0.25, -0.2) is 0 Å². The molecule has 4 heteroatoms. The SMILES string of the molecule is Cc1cccnc1CC(=O)NCC1(O)CCCC(C)C1. The predicted octanol–water partition coefficient (Wildman–Crippen LogP) is 1.99. The van der Waals surface area contributed by atoms with Crippen molar-refractivity contribution in [2.45, 2.75) is 51.6 Å². The Morgan fingerprint density at radius 2 is 2.40 bits per heavy atom. The molecule has 0 saturated heterocycles. The minimum absolute atomic E-state index is 0.0709. The first-order chi connectivity index (χ1) is 9.48. The Labute approximate surface area is 120 Å². The topological polar surface area (TPSA) is 62.2 Å². The summed E-state index contributed by atoms with van der Waals surface area (Å²) in [5, 5.41) is 13.3. The van der Waals surface area contributed by atoms with E-state index in [0.717, 1.165) is 30.5 Å². The summed E-state index contributed by atoms with van der Waals surface area (Å²) < 4.78 is 0. The maximum Gasteiger partial charge on any atom is 0.226 e. The van der Waals surface area contributed by atoms with E-state index in [9.17, 15) is 9.90 Å². The number of carbonyl (C=O) groups is 1. The fraction of sp³-hybridized carbons (Fsp3) is 0.625. The molecule has 1 aromatic rings. The van der Waals surface area contributed by atoms with Crippen molar-refractivity contribution in [3.05, 3.63) is 29.6 Å². The van der Waals surface area contributed by atoms with Gasteiger partial charge in [0.15, 0.2) is 0 Å². The van der Waals surface area contributed by atoms with Crippen LogP contribution in [-0.4, -0.2) is 28.1 Å². The van der Waals surface area contributed by atoms with Crippen LogP contribution in [0.2, 0.25) is 0 Å². The first kappa shape index (κ1) is 15.0. The number of nitrogens with zero attached hydrogens (tertiary/aromatic N) is 1. The zero-order valence-electron chi connectivity index (χ0n) is 12.4. The summed E-state index contributed by atoms with van der Waals surface area (Å²) in [6, 6.07) is 3.81. The fourth-order valence-electron chi connectivity index (χ4n) is 2.97. The maximum absolute atomic E-state index is 12.0. The van der Waals surface area contributed by atoms with E-state index in [4.69, 9.17) is 0 Å². The summed E-state index contributed by atoms with van der Waals surface area (Å²) in [6.45, 7) is 4.46. The van der Waals surface area contributed by atoms with Crippen LogP contribution in [0.1, 0.15) is 43.9 Å². The van der Waals surface area contributed by atoms with Crippen molar-refractivity contribution in [2.24, 2.45) is 5.92 Å². The molecule has 0 aromatic carbocycles. The highest BCUT2D eigenvalue weighted by atomic mass is 16.3. The number of hydrogen-bond donors (Lipinski definition) is 2. The molecular formula is C16H24N2O2. The summed E-state index contributed by atoms with van der Waals surface area (Å²) in [6.07, 6.45) is 5.73. The first-order valence-corrected chi connectivity index (χ1v) is 7.38. The molecule has 1 aliphatic carbocycles. The van der Waals surface area contributed by atoms with Crippen molar-refractivity contribution in [3.8, 4) is 0 Å². The van der Waals surface area contributed by atoms with E-state index in [1.165, 1.54) is 6.42 Å². The molecule has 0 aliphatic heterocycles. The molecule has 0 spiro atoms. The second kappa shape index (κ2) is 6.35. The molecule has 1 aromatic heterocycles. The molecule has 2 N–H and O–H groups in total. The third-order valence-electron chi connectivity index (χ3n) is 4.13. The third kappa shape index (κ3) is 4.04. The average Bonchev–Trinajstić information content (AvgIpc) is 2.39. The molecule has 20 heavy (non-hydrogen) atoms. The van der Waals surface area contributed by atoms with Gasteiger partial charge in [0.05, 0.1) is 17.7 Å². The second-order valence-electron chi connectivity index (χ2n) is 6.15. The molecule has 1 fully saturated rings. The Balaban J connectivity index is 1.85. The molecule has 1 aliphatic rings. The standard InChI is InChI=1S/C16H24N2O2/c1-12-5-3-7-16(20,10-12)11-18-15(19)9-14-13(2)6-4-8-17-14/h4,6,8,12,20H,3,5,7,9-11H2,1-2H3,(H,18,19). The normalized spacial score (nSPS) is 26.2. The highest BCUT2D eigenvalue weighted by Crippen LogP contribution is 2.31. The summed E-state index contributed by atoms with van der Waals surface area (Å²) in [5.41, 5.74) is 1.09. The minimum Gasteiger partial charge on any atom is -0.388 e. The molecule has 2 unspecified atom stereocenters. The van der Waals surface area contributed by atoms with E-state index in [1.54, 1.807) is 6.20 Å². The Morgan fingerprint density at radius 1 is 1.60 bits per heavy atom. The number of aromatic nitrogens is 1. The lowest BCUT2D eigenvalue weighted by atomic mass is 9.79. The Morgan fingerprint density at radius 3 is 3.10 bits per heavy atom. The second-order valence-corrected chi connectivity index (χ2v) is 6.15. The summed E-state index contributed by atoms with van der Waals surface area (Å²) in [4.78, 5) is 16.2. The number of aryl methyl sites for hydroxylation is 1. The lowest BCUT2D eigenvalue weighted by Crippen LogP contribution is -2.46. The van der Waals surface area contributed by atoms with Gasteiger partial charge in [-0.15, -0.1) is 0 Å². The van der Waals surface area contributed by atoms with Crippen molar-refractivity contribution in [1.29, 1.82) is 0 Å². The predicted molar refractivity (Wildman–Crippen MR) is 78.3 cm³/mol. The van der Waals surface area contributed by atoms with Gasteiger partial charge in [0.1, 0.15) is 0 Å². The van der Waals surface area contributed by atoms with Crippen molar-refractivity contribution in [1.82, 2.24) is 10.3 Å². The quantitative estimate of drug-likeness (QED) is 0.884. The van der Waals surface area contributed by atoms with Crippen LogP contribution in [-0.2, 0) is 11.2 Å². The van der Waals surface area contributed by atoms with Crippen LogP contribution in [0.3, 0.4) is 0 Å². The molecule has 110 valence electrons. The Kier molecular flexibility index (Phi) is 4.76. The molecule has 0 radical (unpaired) electrons. The summed E-state index contributed by atoms with van der Waals surface area (Å²) in [7, 11) is 0. The fourth-order valence-corrected chi connectivity index (χ4v) is 2.97. The number of aliphatic hydroxyl groups is 1. The Hall–Kier alpha value is -1.42. The van der Waals surface area contributed by atoms with E-state index in [1.807, 2.05) is 19.1 Å². The average molecular weight is 276 g/mol. The van der Waals surface area contributed by atoms with E-state index in [0.29, 0.717) is 12.5 Å². The van der Waals surface area contributed by atoms with Gasteiger partial charge in [0.2, 0.25) is 5.91 Å². The molecule has 1 amide bonds. The molecule has 1 saturated carbocycles. The highest BCUT2D eigenvalue weighted by Gasteiger charge is 2.32. The molecule has 2 rings (SSSR count). The number of pyridine rings is 1. The lowest BCUT2D eigenvalue weighted by molar-refractivity contribution is -0.122. The molecule has 4 nitrogen and oxygen atoms in total. The minimum atomic E-state index is -0.730. The molecule has 1 heterocycles. The monoisotopic (exact) mass is 276 g/mol. The van der Waals surface area contributed by atoms with Gasteiger partial charge in [-0.2, -0.15) is 0 Å². The zero-order valence-corrected chi connectivity index (χ0v) is 12.4. The lowest BCUT2D eigenvalue weighted by Gasteiger charge is -2.35. The van der Waals surface area contributed by atoms with E-state index in [-0.39, 0.29) is 12.3 Å². The van der Waals surface area contributed by atoms with Crippen LogP contribution in [0.5, 0.6) is 0 Å². The van der Waals surface area contributed by atoms with Crippen LogP contribution >= 0.6 is 0 Å². The van der Waals surface area contributed by atoms with Crippen molar-refractivity contribution < 1.29 is 9.90 Å². The molecule has 0 bridgehead atoms. The summed E-state index contributed by atoms with van der Waals surface area (Å²) in [5.74, 6) is 0.460.